The van der Waals surface area contributed by atoms with Gasteiger partial charge in [0.15, 0.2) is 0 Å². The van der Waals surface area contributed by atoms with Crippen molar-refractivity contribution in [3.63, 3.8) is 0 Å². The van der Waals surface area contributed by atoms with E-state index in [4.69, 9.17) is 0 Å². The van der Waals surface area contributed by atoms with Gasteiger partial charge in [0.25, 0.3) is 0 Å². The summed E-state index contributed by atoms with van der Waals surface area (Å²) in [7, 11) is 0. The number of nitrogens with zero attached hydrogens (tertiary/aromatic N) is 1. The Balaban J connectivity index is 0.992. The molecule has 0 saturated carbocycles. The minimum Gasteiger partial charge on any atom is -0.310 e. The SMILES string of the molecule is CC1(C)c2ccccc2-c2ccc(-c3cccc(N(c4ccc(-c5ccc(-c6ccccc6)cc5)cc4)c4cccc(-c5ccc6c(c5)C(C)(C)c5ccccc5-6)c4)c3)cc21. The summed E-state index contributed by atoms with van der Waals surface area (Å²) in [6.45, 7) is 9.42. The Bertz CT molecular complexity index is 2960. The molecule has 0 spiro atoms. The Labute approximate surface area is 360 Å². The normalized spacial score (nSPS) is 13.8. The molecule has 0 fully saturated rings. The zero-order valence-electron chi connectivity index (χ0n) is 35.2. The molecule has 292 valence electrons. The van der Waals surface area contributed by atoms with Crippen LogP contribution in [0.15, 0.2) is 212 Å². The number of hydrogen-bond donors (Lipinski definition) is 0. The largest absolute Gasteiger partial charge is 0.310 e. The third-order valence-corrected chi connectivity index (χ3v) is 13.5. The third kappa shape index (κ3) is 6.15. The van der Waals surface area contributed by atoms with Crippen LogP contribution in [-0.2, 0) is 10.8 Å². The minimum absolute atomic E-state index is 0.0643. The molecule has 9 aromatic carbocycles. The highest BCUT2D eigenvalue weighted by Crippen LogP contribution is 2.51. The number of fused-ring (bicyclic) bond motifs is 6. The van der Waals surface area contributed by atoms with E-state index < -0.39 is 0 Å². The van der Waals surface area contributed by atoms with Gasteiger partial charge in [-0.15, -0.1) is 0 Å². The van der Waals surface area contributed by atoms with Crippen molar-refractivity contribution >= 4 is 17.1 Å². The number of benzene rings is 9. The van der Waals surface area contributed by atoms with Crippen molar-refractivity contribution in [1.82, 2.24) is 0 Å². The van der Waals surface area contributed by atoms with Crippen molar-refractivity contribution in [1.29, 1.82) is 0 Å². The van der Waals surface area contributed by atoms with Crippen molar-refractivity contribution in [3.05, 3.63) is 235 Å². The van der Waals surface area contributed by atoms with E-state index in [1.165, 1.54) is 89.0 Å². The van der Waals surface area contributed by atoms with E-state index >= 15 is 0 Å². The van der Waals surface area contributed by atoms with Crippen molar-refractivity contribution < 1.29 is 0 Å². The van der Waals surface area contributed by atoms with Crippen molar-refractivity contribution in [2.45, 2.75) is 38.5 Å². The second-order valence-corrected chi connectivity index (χ2v) is 17.8. The minimum atomic E-state index is -0.0643. The molecule has 61 heavy (non-hydrogen) atoms. The van der Waals surface area contributed by atoms with E-state index in [0.29, 0.717) is 0 Å². The number of anilines is 3. The lowest BCUT2D eigenvalue weighted by Crippen LogP contribution is -2.15. The fourth-order valence-corrected chi connectivity index (χ4v) is 10.2. The van der Waals surface area contributed by atoms with Gasteiger partial charge in [-0.1, -0.05) is 191 Å². The molecule has 11 rings (SSSR count). The first-order valence-electron chi connectivity index (χ1n) is 21.5. The standard InChI is InChI=1S/C60H47N/c1-59(2)55-22-10-8-20-51(55)53-34-30-46(38-57(53)59)44-16-12-18-49(36-44)61(48-32-28-43(29-33-48)42-26-24-41(25-27-42)40-14-6-5-7-15-40)50-19-13-17-45(37-50)47-31-35-54-52-21-9-11-23-56(52)60(3,4)58(54)39-47/h5-39H,1-4H3. The summed E-state index contributed by atoms with van der Waals surface area (Å²) in [5, 5.41) is 0. The molecule has 0 bridgehead atoms. The van der Waals surface area contributed by atoms with Crippen LogP contribution in [0.4, 0.5) is 17.1 Å². The fourth-order valence-electron chi connectivity index (χ4n) is 10.2. The van der Waals surface area contributed by atoms with Crippen molar-refractivity contribution in [2.75, 3.05) is 4.90 Å². The van der Waals surface area contributed by atoms with E-state index in [1.54, 1.807) is 0 Å². The van der Waals surface area contributed by atoms with E-state index in [9.17, 15) is 0 Å². The van der Waals surface area contributed by atoms with Gasteiger partial charge < -0.3 is 4.90 Å². The van der Waals surface area contributed by atoms with E-state index in [-0.39, 0.29) is 10.8 Å². The summed E-state index contributed by atoms with van der Waals surface area (Å²) in [6, 6.07) is 78.5. The van der Waals surface area contributed by atoms with Crippen LogP contribution in [0.5, 0.6) is 0 Å². The van der Waals surface area contributed by atoms with Crippen LogP contribution in [0.1, 0.15) is 49.9 Å². The zero-order valence-corrected chi connectivity index (χ0v) is 35.2. The molecule has 0 amide bonds. The topological polar surface area (TPSA) is 3.24 Å². The van der Waals surface area contributed by atoms with E-state index in [0.717, 1.165) is 17.1 Å². The molecule has 0 radical (unpaired) electrons. The highest BCUT2D eigenvalue weighted by molar-refractivity contribution is 5.88. The average molecular weight is 782 g/mol. The third-order valence-electron chi connectivity index (χ3n) is 13.5. The molecule has 0 aliphatic heterocycles. The highest BCUT2D eigenvalue weighted by Gasteiger charge is 2.36. The van der Waals surface area contributed by atoms with Gasteiger partial charge in [-0.3, -0.25) is 0 Å². The summed E-state index contributed by atoms with van der Waals surface area (Å²) < 4.78 is 0. The molecule has 0 saturated heterocycles. The van der Waals surface area contributed by atoms with Gasteiger partial charge in [-0.05, 0) is 138 Å². The first-order valence-corrected chi connectivity index (χ1v) is 21.5. The van der Waals surface area contributed by atoms with Crippen LogP contribution in [0.3, 0.4) is 0 Å². The second kappa shape index (κ2) is 14.2. The predicted molar refractivity (Wildman–Crippen MR) is 258 cm³/mol. The van der Waals surface area contributed by atoms with Gasteiger partial charge in [-0.2, -0.15) is 0 Å². The Kier molecular flexibility index (Phi) is 8.58. The Morgan fingerprint density at radius 2 is 0.590 bits per heavy atom. The first kappa shape index (κ1) is 36.8. The molecular weight excluding hydrogens is 735 g/mol. The molecule has 9 aromatic rings. The Hall–Kier alpha value is -7.22. The van der Waals surface area contributed by atoms with Gasteiger partial charge >= 0.3 is 0 Å². The molecule has 0 atom stereocenters. The Morgan fingerprint density at radius 1 is 0.246 bits per heavy atom. The lowest BCUT2D eigenvalue weighted by Gasteiger charge is -2.27. The molecule has 1 heteroatoms. The average Bonchev–Trinajstić information content (AvgIpc) is 3.69. The Morgan fingerprint density at radius 3 is 1.07 bits per heavy atom. The smallest absolute Gasteiger partial charge is 0.0467 e. The van der Waals surface area contributed by atoms with Gasteiger partial charge in [0.05, 0.1) is 0 Å². The highest BCUT2D eigenvalue weighted by atomic mass is 15.1. The molecule has 1 nitrogen and oxygen atoms in total. The van der Waals surface area contributed by atoms with Crippen LogP contribution < -0.4 is 4.90 Å². The maximum atomic E-state index is 2.42. The maximum Gasteiger partial charge on any atom is 0.0467 e. The van der Waals surface area contributed by atoms with Crippen LogP contribution in [0.2, 0.25) is 0 Å². The summed E-state index contributed by atoms with van der Waals surface area (Å²) in [6.07, 6.45) is 0. The molecule has 2 aliphatic carbocycles. The fraction of sp³-hybridized carbons (Fsp3) is 0.100. The van der Waals surface area contributed by atoms with Crippen LogP contribution in [-0.4, -0.2) is 0 Å². The molecule has 0 N–H and O–H groups in total. The lowest BCUT2D eigenvalue weighted by molar-refractivity contribution is 0.660. The molecule has 0 aromatic heterocycles. The van der Waals surface area contributed by atoms with Gasteiger partial charge in [0.2, 0.25) is 0 Å². The lowest BCUT2D eigenvalue weighted by atomic mass is 9.81. The first-order chi connectivity index (χ1) is 29.7. The van der Waals surface area contributed by atoms with E-state index in [2.05, 4.69) is 245 Å². The van der Waals surface area contributed by atoms with Gasteiger partial charge in [0, 0.05) is 27.9 Å². The van der Waals surface area contributed by atoms with E-state index in [1.807, 2.05) is 0 Å². The number of hydrogen-bond acceptors (Lipinski definition) is 1. The predicted octanol–water partition coefficient (Wildman–Crippen LogP) is 16.4. The number of rotatable bonds is 7. The summed E-state index contributed by atoms with van der Waals surface area (Å²) in [5.74, 6) is 0. The summed E-state index contributed by atoms with van der Waals surface area (Å²) in [5.41, 5.74) is 23.8. The summed E-state index contributed by atoms with van der Waals surface area (Å²) in [4.78, 5) is 2.41. The summed E-state index contributed by atoms with van der Waals surface area (Å²) >= 11 is 0. The van der Waals surface area contributed by atoms with Crippen LogP contribution in [0.25, 0.3) is 66.8 Å². The molecule has 2 aliphatic rings. The monoisotopic (exact) mass is 781 g/mol. The van der Waals surface area contributed by atoms with Gasteiger partial charge in [-0.25, -0.2) is 0 Å². The molecule has 0 unspecified atom stereocenters. The zero-order chi connectivity index (χ0) is 41.3. The van der Waals surface area contributed by atoms with Crippen LogP contribution >= 0.6 is 0 Å². The molecular formula is C60H47N. The van der Waals surface area contributed by atoms with Crippen molar-refractivity contribution in [3.8, 4) is 66.8 Å². The molecule has 0 heterocycles. The maximum absolute atomic E-state index is 2.42. The quantitative estimate of drug-likeness (QED) is 0.156. The van der Waals surface area contributed by atoms with Crippen molar-refractivity contribution in [2.24, 2.45) is 0 Å². The van der Waals surface area contributed by atoms with Crippen LogP contribution in [0, 0.1) is 0 Å². The second-order valence-electron chi connectivity index (χ2n) is 17.8. The van der Waals surface area contributed by atoms with Gasteiger partial charge in [0.1, 0.15) is 0 Å².